The van der Waals surface area contributed by atoms with Gasteiger partial charge >= 0.3 is 6.18 Å². The van der Waals surface area contributed by atoms with Gasteiger partial charge in [0, 0.05) is 0 Å². The maximum atomic E-state index is 13.0. The number of hydrogen-bond donors (Lipinski definition) is 2. The molecule has 9 heteroatoms. The SMILES string of the molecule is COc1ccc(NC(=O)c2n[nH]c(C)n2)c(C(F)(F)F)c1. The molecule has 0 bridgehead atoms. The van der Waals surface area contributed by atoms with E-state index in [4.69, 9.17) is 4.74 Å². The van der Waals surface area contributed by atoms with Crippen molar-refractivity contribution in [1.82, 2.24) is 15.2 Å². The van der Waals surface area contributed by atoms with Crippen LogP contribution in [0.1, 0.15) is 22.0 Å². The van der Waals surface area contributed by atoms with Gasteiger partial charge in [-0.3, -0.25) is 9.89 Å². The van der Waals surface area contributed by atoms with Gasteiger partial charge in [-0.1, -0.05) is 0 Å². The van der Waals surface area contributed by atoms with Gasteiger partial charge in [0.05, 0.1) is 18.4 Å². The first-order valence-electron chi connectivity index (χ1n) is 5.77. The zero-order chi connectivity index (χ0) is 15.6. The normalized spacial score (nSPS) is 11.3. The highest BCUT2D eigenvalue weighted by Crippen LogP contribution is 2.37. The van der Waals surface area contributed by atoms with E-state index in [-0.39, 0.29) is 11.6 Å². The molecule has 0 spiro atoms. The Hall–Kier alpha value is -2.58. The van der Waals surface area contributed by atoms with Crippen molar-refractivity contribution in [2.24, 2.45) is 0 Å². The summed E-state index contributed by atoms with van der Waals surface area (Å²) >= 11 is 0. The molecular weight excluding hydrogens is 289 g/mol. The van der Waals surface area contributed by atoms with Gasteiger partial charge in [-0.05, 0) is 25.1 Å². The lowest BCUT2D eigenvalue weighted by Crippen LogP contribution is -2.18. The molecule has 2 aromatic rings. The Morgan fingerprint density at radius 3 is 2.62 bits per heavy atom. The zero-order valence-corrected chi connectivity index (χ0v) is 11.1. The number of anilines is 1. The van der Waals surface area contributed by atoms with Crippen LogP contribution in [-0.4, -0.2) is 28.2 Å². The molecule has 1 amide bonds. The minimum atomic E-state index is -4.63. The standard InChI is InChI=1S/C12H11F3N4O2/c1-6-16-10(19-18-6)11(20)17-9-4-3-7(21-2)5-8(9)12(13,14)15/h3-5H,1-2H3,(H,17,20)(H,16,18,19). The van der Waals surface area contributed by atoms with Crippen LogP contribution in [0.4, 0.5) is 18.9 Å². The molecule has 0 aliphatic rings. The number of methoxy groups -OCH3 is 1. The van der Waals surface area contributed by atoms with Gasteiger partial charge in [-0.25, -0.2) is 4.98 Å². The van der Waals surface area contributed by atoms with Crippen LogP contribution in [0.2, 0.25) is 0 Å². The topological polar surface area (TPSA) is 79.9 Å². The van der Waals surface area contributed by atoms with E-state index >= 15 is 0 Å². The number of amides is 1. The summed E-state index contributed by atoms with van der Waals surface area (Å²) in [5, 5.41) is 8.16. The number of hydrogen-bond acceptors (Lipinski definition) is 4. The van der Waals surface area contributed by atoms with Gasteiger partial charge in [0.2, 0.25) is 5.82 Å². The number of carbonyl (C=O) groups excluding carboxylic acids is 1. The van der Waals surface area contributed by atoms with E-state index in [1.54, 1.807) is 6.92 Å². The van der Waals surface area contributed by atoms with Crippen molar-refractivity contribution in [3.8, 4) is 5.75 Å². The molecule has 0 aliphatic heterocycles. The molecule has 0 unspecified atom stereocenters. The number of halogens is 3. The van der Waals surface area contributed by atoms with Crippen molar-refractivity contribution in [3.05, 3.63) is 35.4 Å². The van der Waals surface area contributed by atoms with Gasteiger partial charge in [-0.15, -0.1) is 5.10 Å². The Labute approximate surface area is 117 Å². The number of alkyl halides is 3. The summed E-state index contributed by atoms with van der Waals surface area (Å²) in [6.07, 6.45) is -4.63. The van der Waals surface area contributed by atoms with Crippen LogP contribution in [-0.2, 0) is 6.18 Å². The molecule has 0 aliphatic carbocycles. The second-order valence-electron chi connectivity index (χ2n) is 4.11. The molecule has 1 aromatic carbocycles. The van der Waals surface area contributed by atoms with Crippen molar-refractivity contribution < 1.29 is 22.7 Å². The molecule has 1 aromatic heterocycles. The number of ether oxygens (including phenoxy) is 1. The Balaban J connectivity index is 2.33. The highest BCUT2D eigenvalue weighted by molar-refractivity contribution is 6.02. The van der Waals surface area contributed by atoms with Crippen molar-refractivity contribution in [1.29, 1.82) is 0 Å². The Morgan fingerprint density at radius 2 is 2.10 bits per heavy atom. The molecule has 112 valence electrons. The lowest BCUT2D eigenvalue weighted by atomic mass is 10.1. The van der Waals surface area contributed by atoms with E-state index in [9.17, 15) is 18.0 Å². The molecule has 6 nitrogen and oxygen atoms in total. The summed E-state index contributed by atoms with van der Waals surface area (Å²) < 4.78 is 43.7. The lowest BCUT2D eigenvalue weighted by molar-refractivity contribution is -0.137. The summed E-state index contributed by atoms with van der Waals surface area (Å²) in [4.78, 5) is 15.6. The number of rotatable bonds is 3. The number of H-pyrrole nitrogens is 1. The van der Waals surface area contributed by atoms with Crippen molar-refractivity contribution in [3.63, 3.8) is 0 Å². The smallest absolute Gasteiger partial charge is 0.418 e. The predicted octanol–water partition coefficient (Wildman–Crippen LogP) is 2.39. The lowest BCUT2D eigenvalue weighted by Gasteiger charge is -2.14. The number of nitrogens with zero attached hydrogens (tertiary/aromatic N) is 2. The van der Waals surface area contributed by atoms with Gasteiger partial charge in [0.1, 0.15) is 11.6 Å². The number of aryl methyl sites for hydroxylation is 1. The van der Waals surface area contributed by atoms with E-state index in [0.717, 1.165) is 12.1 Å². The van der Waals surface area contributed by atoms with Gasteiger partial charge in [-0.2, -0.15) is 13.2 Å². The van der Waals surface area contributed by atoms with E-state index < -0.39 is 23.3 Å². The Morgan fingerprint density at radius 1 is 1.38 bits per heavy atom. The van der Waals surface area contributed by atoms with Crippen LogP contribution in [0.15, 0.2) is 18.2 Å². The van der Waals surface area contributed by atoms with Crippen LogP contribution >= 0.6 is 0 Å². The van der Waals surface area contributed by atoms with Crippen molar-refractivity contribution in [2.45, 2.75) is 13.1 Å². The van der Waals surface area contributed by atoms with Crippen LogP contribution in [0.3, 0.4) is 0 Å². The predicted molar refractivity (Wildman–Crippen MR) is 67.1 cm³/mol. The maximum Gasteiger partial charge on any atom is 0.418 e. The van der Waals surface area contributed by atoms with Crippen LogP contribution in [0, 0.1) is 6.92 Å². The quantitative estimate of drug-likeness (QED) is 0.912. The fourth-order valence-electron chi connectivity index (χ4n) is 1.62. The first-order valence-corrected chi connectivity index (χ1v) is 5.77. The Bertz CT molecular complexity index is 667. The van der Waals surface area contributed by atoms with Gasteiger partial charge < -0.3 is 10.1 Å². The highest BCUT2D eigenvalue weighted by Gasteiger charge is 2.34. The van der Waals surface area contributed by atoms with E-state index in [2.05, 4.69) is 20.5 Å². The summed E-state index contributed by atoms with van der Waals surface area (Å²) in [6, 6.07) is 3.23. The molecule has 2 N–H and O–H groups in total. The molecule has 21 heavy (non-hydrogen) atoms. The molecule has 0 atom stereocenters. The maximum absolute atomic E-state index is 13.0. The highest BCUT2D eigenvalue weighted by atomic mass is 19.4. The van der Waals surface area contributed by atoms with Crippen molar-refractivity contribution in [2.75, 3.05) is 12.4 Å². The number of nitrogens with one attached hydrogen (secondary N) is 2. The molecule has 2 rings (SSSR count). The van der Waals surface area contributed by atoms with Crippen LogP contribution in [0.5, 0.6) is 5.75 Å². The number of aromatic amines is 1. The largest absolute Gasteiger partial charge is 0.497 e. The number of aromatic nitrogens is 3. The average Bonchev–Trinajstić information content (AvgIpc) is 2.84. The van der Waals surface area contributed by atoms with E-state index in [0.29, 0.717) is 5.82 Å². The van der Waals surface area contributed by atoms with Gasteiger partial charge in [0.15, 0.2) is 0 Å². The summed E-state index contributed by atoms with van der Waals surface area (Å²) in [5.41, 5.74) is -1.40. The minimum Gasteiger partial charge on any atom is -0.497 e. The average molecular weight is 300 g/mol. The second kappa shape index (κ2) is 5.43. The number of benzene rings is 1. The third-order valence-electron chi connectivity index (χ3n) is 2.58. The molecule has 0 saturated carbocycles. The second-order valence-corrected chi connectivity index (χ2v) is 4.11. The zero-order valence-electron chi connectivity index (χ0n) is 11.1. The minimum absolute atomic E-state index is 0.0362. The third-order valence-corrected chi connectivity index (χ3v) is 2.58. The first kappa shape index (κ1) is 14.8. The van der Waals surface area contributed by atoms with Gasteiger partial charge in [0.25, 0.3) is 5.91 Å². The van der Waals surface area contributed by atoms with Crippen LogP contribution in [0.25, 0.3) is 0 Å². The van der Waals surface area contributed by atoms with E-state index in [1.807, 2.05) is 0 Å². The summed E-state index contributed by atoms with van der Waals surface area (Å²) in [6.45, 7) is 1.57. The first-order chi connectivity index (χ1) is 9.81. The fraction of sp³-hybridized carbons (Fsp3) is 0.250. The molecular formula is C12H11F3N4O2. The molecule has 0 saturated heterocycles. The monoisotopic (exact) mass is 300 g/mol. The fourth-order valence-corrected chi connectivity index (χ4v) is 1.62. The van der Waals surface area contributed by atoms with Crippen molar-refractivity contribution >= 4 is 11.6 Å². The summed E-state index contributed by atoms with van der Waals surface area (Å²) in [7, 11) is 1.25. The van der Waals surface area contributed by atoms with Crippen LogP contribution < -0.4 is 10.1 Å². The molecule has 1 heterocycles. The molecule has 0 radical (unpaired) electrons. The molecule has 0 fully saturated rings. The Kier molecular flexibility index (Phi) is 3.83. The third kappa shape index (κ3) is 3.30. The van der Waals surface area contributed by atoms with E-state index in [1.165, 1.54) is 13.2 Å². The summed E-state index contributed by atoms with van der Waals surface area (Å²) in [5.74, 6) is -0.661. The number of carbonyl (C=O) groups is 1.